The summed E-state index contributed by atoms with van der Waals surface area (Å²) in [4.78, 5) is 26.1. The van der Waals surface area contributed by atoms with Crippen molar-refractivity contribution in [2.45, 2.75) is 13.5 Å². The van der Waals surface area contributed by atoms with Crippen LogP contribution < -0.4 is 11.2 Å². The molecule has 0 amide bonds. The Morgan fingerprint density at radius 3 is 2.81 bits per heavy atom. The Hall–Kier alpha value is -1.88. The SMILES string of the molecule is Cc1ccc2c(=O)n(CCO)c(=O)[nH]c2c1. The average Bonchev–Trinajstić information content (AvgIpc) is 2.23. The van der Waals surface area contributed by atoms with E-state index < -0.39 is 5.69 Å². The quantitative estimate of drug-likeness (QED) is 0.747. The van der Waals surface area contributed by atoms with Crippen molar-refractivity contribution in [1.82, 2.24) is 9.55 Å². The summed E-state index contributed by atoms with van der Waals surface area (Å²) >= 11 is 0. The Kier molecular flexibility index (Phi) is 2.62. The van der Waals surface area contributed by atoms with E-state index in [-0.39, 0.29) is 18.7 Å². The van der Waals surface area contributed by atoms with Crippen molar-refractivity contribution in [2.75, 3.05) is 6.61 Å². The van der Waals surface area contributed by atoms with Crippen molar-refractivity contribution in [1.29, 1.82) is 0 Å². The van der Waals surface area contributed by atoms with Gasteiger partial charge in [-0.25, -0.2) is 4.79 Å². The fourth-order valence-corrected chi connectivity index (χ4v) is 1.67. The molecule has 0 fully saturated rings. The van der Waals surface area contributed by atoms with E-state index in [0.29, 0.717) is 10.9 Å². The van der Waals surface area contributed by atoms with Crippen LogP contribution in [0, 0.1) is 6.92 Å². The van der Waals surface area contributed by atoms with Gasteiger partial charge in [-0.1, -0.05) is 6.07 Å². The number of fused-ring (bicyclic) bond motifs is 1. The predicted octanol–water partition coefficient (Wildman–Crippen LogP) is -0.00948. The van der Waals surface area contributed by atoms with Crippen LogP contribution in [0.1, 0.15) is 5.56 Å². The van der Waals surface area contributed by atoms with Gasteiger partial charge in [0, 0.05) is 0 Å². The van der Waals surface area contributed by atoms with Crippen LogP contribution in [-0.4, -0.2) is 21.3 Å². The van der Waals surface area contributed by atoms with Gasteiger partial charge in [-0.2, -0.15) is 0 Å². The second-order valence-electron chi connectivity index (χ2n) is 3.66. The summed E-state index contributed by atoms with van der Waals surface area (Å²) in [7, 11) is 0. The summed E-state index contributed by atoms with van der Waals surface area (Å²) in [6.45, 7) is 1.66. The van der Waals surface area contributed by atoms with Gasteiger partial charge in [0.15, 0.2) is 0 Å². The molecule has 0 bridgehead atoms. The lowest BCUT2D eigenvalue weighted by molar-refractivity contribution is 0.272. The Morgan fingerprint density at radius 2 is 2.12 bits per heavy atom. The molecular formula is C11H12N2O3. The van der Waals surface area contributed by atoms with Crippen molar-refractivity contribution in [3.63, 3.8) is 0 Å². The van der Waals surface area contributed by atoms with Gasteiger partial charge in [0.25, 0.3) is 5.56 Å². The third-order valence-corrected chi connectivity index (χ3v) is 2.46. The summed E-state index contributed by atoms with van der Waals surface area (Å²) in [6.07, 6.45) is 0. The standard InChI is InChI=1S/C11H12N2O3/c1-7-2-3-8-9(6-7)12-11(16)13(4-5-14)10(8)15/h2-3,6,14H,4-5H2,1H3,(H,12,16). The molecule has 1 aromatic carbocycles. The number of aromatic nitrogens is 2. The molecule has 1 aromatic heterocycles. The lowest BCUT2D eigenvalue weighted by atomic mass is 10.2. The second-order valence-corrected chi connectivity index (χ2v) is 3.66. The number of aliphatic hydroxyl groups excluding tert-OH is 1. The molecule has 0 atom stereocenters. The van der Waals surface area contributed by atoms with Crippen LogP contribution in [0.15, 0.2) is 27.8 Å². The third-order valence-electron chi connectivity index (χ3n) is 2.46. The molecule has 0 spiro atoms. The van der Waals surface area contributed by atoms with Gasteiger partial charge < -0.3 is 10.1 Å². The first-order valence-corrected chi connectivity index (χ1v) is 4.98. The molecule has 0 saturated heterocycles. The lowest BCUT2D eigenvalue weighted by Crippen LogP contribution is -2.35. The third kappa shape index (κ3) is 1.65. The second kappa shape index (κ2) is 3.94. The van der Waals surface area contributed by atoms with E-state index in [1.807, 2.05) is 13.0 Å². The zero-order valence-electron chi connectivity index (χ0n) is 8.86. The highest BCUT2D eigenvalue weighted by Crippen LogP contribution is 2.07. The van der Waals surface area contributed by atoms with Gasteiger partial charge in [0.1, 0.15) is 0 Å². The van der Waals surface area contributed by atoms with Gasteiger partial charge in [-0.15, -0.1) is 0 Å². The van der Waals surface area contributed by atoms with Crippen molar-refractivity contribution in [3.8, 4) is 0 Å². The largest absolute Gasteiger partial charge is 0.395 e. The van der Waals surface area contributed by atoms with E-state index in [9.17, 15) is 9.59 Å². The molecule has 2 N–H and O–H groups in total. The van der Waals surface area contributed by atoms with Crippen LogP contribution in [0.4, 0.5) is 0 Å². The van der Waals surface area contributed by atoms with E-state index >= 15 is 0 Å². The zero-order chi connectivity index (χ0) is 11.7. The molecule has 5 heteroatoms. The molecule has 0 aliphatic heterocycles. The molecule has 16 heavy (non-hydrogen) atoms. The lowest BCUT2D eigenvalue weighted by Gasteiger charge is -2.04. The van der Waals surface area contributed by atoms with Crippen LogP contribution in [-0.2, 0) is 6.54 Å². The van der Waals surface area contributed by atoms with Crippen LogP contribution in [0.3, 0.4) is 0 Å². The Morgan fingerprint density at radius 1 is 1.38 bits per heavy atom. The van der Waals surface area contributed by atoms with Crippen molar-refractivity contribution < 1.29 is 5.11 Å². The van der Waals surface area contributed by atoms with E-state index in [4.69, 9.17) is 5.11 Å². The summed E-state index contributed by atoms with van der Waals surface area (Å²) in [6, 6.07) is 5.24. The maximum atomic E-state index is 11.9. The molecule has 0 aliphatic rings. The molecule has 84 valence electrons. The average molecular weight is 220 g/mol. The Labute approximate surface area is 91.0 Å². The molecule has 2 aromatic rings. The number of rotatable bonds is 2. The van der Waals surface area contributed by atoms with E-state index in [2.05, 4.69) is 4.98 Å². The molecule has 0 unspecified atom stereocenters. The number of hydrogen-bond acceptors (Lipinski definition) is 3. The van der Waals surface area contributed by atoms with Crippen LogP contribution >= 0.6 is 0 Å². The van der Waals surface area contributed by atoms with Crippen LogP contribution in [0.25, 0.3) is 10.9 Å². The summed E-state index contributed by atoms with van der Waals surface area (Å²) in [5.74, 6) is 0. The minimum atomic E-state index is -0.489. The molecule has 0 aliphatic carbocycles. The van der Waals surface area contributed by atoms with Gasteiger partial charge in [0.2, 0.25) is 0 Å². The van der Waals surface area contributed by atoms with Crippen molar-refractivity contribution in [2.24, 2.45) is 0 Å². The maximum absolute atomic E-state index is 11.9. The van der Waals surface area contributed by atoms with Crippen molar-refractivity contribution in [3.05, 3.63) is 44.6 Å². The van der Waals surface area contributed by atoms with E-state index in [1.54, 1.807) is 12.1 Å². The normalized spacial score (nSPS) is 10.9. The molecule has 2 rings (SSSR count). The monoisotopic (exact) mass is 220 g/mol. The van der Waals surface area contributed by atoms with Crippen LogP contribution in [0.2, 0.25) is 0 Å². The first-order valence-electron chi connectivity index (χ1n) is 4.98. The first-order chi connectivity index (χ1) is 7.63. The highest BCUT2D eigenvalue weighted by molar-refractivity contribution is 5.77. The highest BCUT2D eigenvalue weighted by Gasteiger charge is 2.06. The highest BCUT2D eigenvalue weighted by atomic mass is 16.3. The Balaban J connectivity index is 2.84. The van der Waals surface area contributed by atoms with E-state index in [1.165, 1.54) is 0 Å². The molecule has 0 radical (unpaired) electrons. The van der Waals surface area contributed by atoms with Gasteiger partial charge in [-0.05, 0) is 24.6 Å². The summed E-state index contributed by atoms with van der Waals surface area (Å²) in [5.41, 5.74) is 0.650. The summed E-state index contributed by atoms with van der Waals surface area (Å²) in [5, 5.41) is 9.23. The fraction of sp³-hybridized carbons (Fsp3) is 0.273. The smallest absolute Gasteiger partial charge is 0.328 e. The minimum absolute atomic E-state index is 0.0119. The number of hydrogen-bond donors (Lipinski definition) is 2. The number of aryl methyl sites for hydroxylation is 1. The van der Waals surface area contributed by atoms with Crippen molar-refractivity contribution >= 4 is 10.9 Å². The maximum Gasteiger partial charge on any atom is 0.328 e. The molecule has 1 heterocycles. The number of nitrogens with one attached hydrogen (secondary N) is 1. The van der Waals surface area contributed by atoms with Crippen LogP contribution in [0.5, 0.6) is 0 Å². The van der Waals surface area contributed by atoms with Gasteiger partial charge in [0.05, 0.1) is 24.1 Å². The number of aromatic amines is 1. The zero-order valence-corrected chi connectivity index (χ0v) is 8.86. The van der Waals surface area contributed by atoms with E-state index in [0.717, 1.165) is 10.1 Å². The van der Waals surface area contributed by atoms with Gasteiger partial charge >= 0.3 is 5.69 Å². The number of H-pyrrole nitrogens is 1. The number of nitrogens with zero attached hydrogens (tertiary/aromatic N) is 1. The molecular weight excluding hydrogens is 208 g/mol. The molecule has 0 saturated carbocycles. The minimum Gasteiger partial charge on any atom is -0.395 e. The molecule has 5 nitrogen and oxygen atoms in total. The first kappa shape index (κ1) is 10.6. The van der Waals surface area contributed by atoms with Gasteiger partial charge in [-0.3, -0.25) is 9.36 Å². The fourth-order valence-electron chi connectivity index (χ4n) is 1.67. The summed E-state index contributed by atoms with van der Waals surface area (Å²) < 4.78 is 0.998. The predicted molar refractivity (Wildman–Crippen MR) is 60.7 cm³/mol. The number of benzene rings is 1. The Bertz CT molecular complexity index is 640. The topological polar surface area (TPSA) is 75.1 Å². The number of aliphatic hydroxyl groups is 1.